The minimum atomic E-state index is -0.566. The predicted octanol–water partition coefficient (Wildman–Crippen LogP) is 3.64. The summed E-state index contributed by atoms with van der Waals surface area (Å²) in [6.45, 7) is 4.20. The van der Waals surface area contributed by atoms with Crippen LogP contribution in [0.5, 0.6) is 5.75 Å². The van der Waals surface area contributed by atoms with E-state index in [4.69, 9.17) is 9.47 Å². The Bertz CT molecular complexity index is 856. The number of amides is 1. The molecule has 3 rings (SSSR count). The Morgan fingerprint density at radius 2 is 1.64 bits per heavy atom. The molecule has 1 amide bonds. The Morgan fingerprint density at radius 3 is 2.21 bits per heavy atom. The molecule has 0 atom stereocenters. The van der Waals surface area contributed by atoms with Crippen molar-refractivity contribution in [3.05, 3.63) is 59.7 Å². The second-order valence-corrected chi connectivity index (χ2v) is 6.89. The average Bonchev–Trinajstić information content (AvgIpc) is 3.12. The van der Waals surface area contributed by atoms with Gasteiger partial charge in [0.1, 0.15) is 5.75 Å². The first-order valence-electron chi connectivity index (χ1n) is 9.31. The second-order valence-electron chi connectivity index (χ2n) is 6.89. The maximum atomic E-state index is 12.3. The SMILES string of the molecule is CC(C)Oc1ccc(C(=O)OCC(=O)c2ccc(N3CCCC3=O)cc2)cc1. The molecule has 6 nitrogen and oxygen atoms in total. The third-order valence-corrected chi connectivity index (χ3v) is 4.37. The first-order chi connectivity index (χ1) is 13.4. The van der Waals surface area contributed by atoms with E-state index in [1.807, 2.05) is 13.8 Å². The van der Waals surface area contributed by atoms with Crippen LogP contribution in [0.1, 0.15) is 47.4 Å². The highest BCUT2D eigenvalue weighted by molar-refractivity contribution is 6.00. The molecule has 1 saturated heterocycles. The molecule has 0 radical (unpaired) electrons. The van der Waals surface area contributed by atoms with Gasteiger partial charge in [-0.05, 0) is 68.8 Å². The van der Waals surface area contributed by atoms with E-state index in [0.717, 1.165) is 12.1 Å². The molecule has 2 aromatic carbocycles. The van der Waals surface area contributed by atoms with E-state index in [-0.39, 0.29) is 24.4 Å². The number of ketones is 1. The first-order valence-corrected chi connectivity index (χ1v) is 9.31. The summed E-state index contributed by atoms with van der Waals surface area (Å²) in [7, 11) is 0. The fraction of sp³-hybridized carbons (Fsp3) is 0.318. The van der Waals surface area contributed by atoms with Crippen LogP contribution in [0.4, 0.5) is 5.69 Å². The molecule has 28 heavy (non-hydrogen) atoms. The van der Waals surface area contributed by atoms with Crippen molar-refractivity contribution in [3.8, 4) is 5.75 Å². The summed E-state index contributed by atoms with van der Waals surface area (Å²) >= 11 is 0. The number of carbonyl (C=O) groups is 3. The van der Waals surface area contributed by atoms with Gasteiger partial charge in [-0.1, -0.05) is 0 Å². The van der Waals surface area contributed by atoms with Crippen LogP contribution in [-0.4, -0.2) is 36.9 Å². The highest BCUT2D eigenvalue weighted by Crippen LogP contribution is 2.22. The summed E-state index contributed by atoms with van der Waals surface area (Å²) in [4.78, 5) is 37.9. The van der Waals surface area contributed by atoms with Crippen LogP contribution in [-0.2, 0) is 9.53 Å². The molecule has 0 saturated carbocycles. The number of benzene rings is 2. The van der Waals surface area contributed by atoms with E-state index in [0.29, 0.717) is 29.8 Å². The third kappa shape index (κ3) is 4.76. The molecule has 0 spiro atoms. The third-order valence-electron chi connectivity index (χ3n) is 4.37. The predicted molar refractivity (Wildman–Crippen MR) is 105 cm³/mol. The zero-order valence-electron chi connectivity index (χ0n) is 16.0. The number of hydrogen-bond donors (Lipinski definition) is 0. The van der Waals surface area contributed by atoms with Gasteiger partial charge in [0.2, 0.25) is 5.91 Å². The molecule has 0 N–H and O–H groups in total. The van der Waals surface area contributed by atoms with Crippen molar-refractivity contribution in [1.29, 1.82) is 0 Å². The number of rotatable bonds is 7. The molecule has 0 aromatic heterocycles. The summed E-state index contributed by atoms with van der Waals surface area (Å²) in [6, 6.07) is 13.4. The minimum absolute atomic E-state index is 0.0467. The van der Waals surface area contributed by atoms with Crippen LogP contribution >= 0.6 is 0 Å². The number of hydrogen-bond acceptors (Lipinski definition) is 5. The summed E-state index contributed by atoms with van der Waals surface area (Å²) in [5, 5.41) is 0. The summed E-state index contributed by atoms with van der Waals surface area (Å²) in [6.07, 6.45) is 1.45. The number of carbonyl (C=O) groups excluding carboxylic acids is 3. The number of anilines is 1. The van der Waals surface area contributed by atoms with E-state index < -0.39 is 5.97 Å². The maximum Gasteiger partial charge on any atom is 0.338 e. The molecule has 1 aliphatic heterocycles. The number of esters is 1. The minimum Gasteiger partial charge on any atom is -0.491 e. The van der Waals surface area contributed by atoms with E-state index in [9.17, 15) is 14.4 Å². The molecule has 1 aliphatic rings. The first kappa shape index (κ1) is 19.6. The lowest BCUT2D eigenvalue weighted by Crippen LogP contribution is -2.23. The fourth-order valence-corrected chi connectivity index (χ4v) is 2.99. The van der Waals surface area contributed by atoms with Gasteiger partial charge in [0.25, 0.3) is 0 Å². The smallest absolute Gasteiger partial charge is 0.338 e. The zero-order chi connectivity index (χ0) is 20.1. The van der Waals surface area contributed by atoms with Crippen LogP contribution in [0.3, 0.4) is 0 Å². The molecule has 6 heteroatoms. The molecule has 2 aromatic rings. The summed E-state index contributed by atoms with van der Waals surface area (Å²) in [5.41, 5.74) is 1.57. The van der Waals surface area contributed by atoms with Crippen molar-refractivity contribution in [2.75, 3.05) is 18.1 Å². The summed E-state index contributed by atoms with van der Waals surface area (Å²) < 4.78 is 10.6. The Morgan fingerprint density at radius 1 is 1.00 bits per heavy atom. The Hall–Kier alpha value is -3.15. The van der Waals surface area contributed by atoms with Crippen molar-refractivity contribution >= 4 is 23.3 Å². The van der Waals surface area contributed by atoms with Crippen LogP contribution < -0.4 is 9.64 Å². The molecule has 0 bridgehead atoms. The van der Waals surface area contributed by atoms with Crippen LogP contribution in [0.15, 0.2) is 48.5 Å². The van der Waals surface area contributed by atoms with Gasteiger partial charge in [-0.2, -0.15) is 0 Å². The van der Waals surface area contributed by atoms with Crippen LogP contribution in [0, 0.1) is 0 Å². The highest BCUT2D eigenvalue weighted by Gasteiger charge is 2.21. The molecule has 146 valence electrons. The molecule has 1 fully saturated rings. The monoisotopic (exact) mass is 381 g/mol. The lowest BCUT2D eigenvalue weighted by atomic mass is 10.1. The lowest BCUT2D eigenvalue weighted by molar-refractivity contribution is -0.117. The molecular weight excluding hydrogens is 358 g/mol. The summed E-state index contributed by atoms with van der Waals surface area (Å²) in [5.74, 6) is -0.104. The van der Waals surface area contributed by atoms with E-state index in [2.05, 4.69) is 0 Å². The van der Waals surface area contributed by atoms with E-state index >= 15 is 0 Å². The number of nitrogens with zero attached hydrogens (tertiary/aromatic N) is 1. The van der Waals surface area contributed by atoms with E-state index in [1.54, 1.807) is 53.4 Å². The average molecular weight is 381 g/mol. The second kappa shape index (κ2) is 8.69. The molecule has 1 heterocycles. The number of ether oxygens (including phenoxy) is 2. The van der Waals surface area contributed by atoms with Gasteiger partial charge < -0.3 is 14.4 Å². The molecule has 0 unspecified atom stereocenters. The van der Waals surface area contributed by atoms with Crippen molar-refractivity contribution in [2.45, 2.75) is 32.8 Å². The zero-order valence-corrected chi connectivity index (χ0v) is 16.0. The fourth-order valence-electron chi connectivity index (χ4n) is 2.99. The van der Waals surface area contributed by atoms with Gasteiger partial charge in [-0.15, -0.1) is 0 Å². The maximum absolute atomic E-state index is 12.3. The van der Waals surface area contributed by atoms with Gasteiger partial charge in [-0.3, -0.25) is 9.59 Å². The number of Topliss-reactive ketones (excluding diaryl/α,β-unsaturated/α-hetero) is 1. The van der Waals surface area contributed by atoms with Crippen molar-refractivity contribution < 1.29 is 23.9 Å². The van der Waals surface area contributed by atoms with Gasteiger partial charge in [0.05, 0.1) is 11.7 Å². The van der Waals surface area contributed by atoms with Crippen LogP contribution in [0.25, 0.3) is 0 Å². The van der Waals surface area contributed by atoms with Crippen molar-refractivity contribution in [1.82, 2.24) is 0 Å². The largest absolute Gasteiger partial charge is 0.491 e. The van der Waals surface area contributed by atoms with Crippen LogP contribution in [0.2, 0.25) is 0 Å². The Labute approximate surface area is 164 Å². The molecule has 0 aliphatic carbocycles. The van der Waals surface area contributed by atoms with Crippen molar-refractivity contribution in [3.63, 3.8) is 0 Å². The van der Waals surface area contributed by atoms with Gasteiger partial charge in [0, 0.05) is 24.2 Å². The Kier molecular flexibility index (Phi) is 6.09. The van der Waals surface area contributed by atoms with Crippen molar-refractivity contribution in [2.24, 2.45) is 0 Å². The molecular formula is C22H23NO5. The quantitative estimate of drug-likeness (QED) is 0.541. The topological polar surface area (TPSA) is 72.9 Å². The Balaban J connectivity index is 1.54. The van der Waals surface area contributed by atoms with Gasteiger partial charge in [0.15, 0.2) is 12.4 Å². The standard InChI is InChI=1S/C22H23NO5/c1-15(2)28-19-11-7-17(8-12-19)22(26)27-14-20(24)16-5-9-18(10-6-16)23-13-3-4-21(23)25/h5-12,15H,3-4,13-14H2,1-2H3. The lowest BCUT2D eigenvalue weighted by Gasteiger charge is -2.15. The van der Waals surface area contributed by atoms with Gasteiger partial charge >= 0.3 is 5.97 Å². The highest BCUT2D eigenvalue weighted by atomic mass is 16.5. The van der Waals surface area contributed by atoms with Gasteiger partial charge in [-0.25, -0.2) is 4.79 Å². The normalized spacial score (nSPS) is 13.7. The van der Waals surface area contributed by atoms with E-state index in [1.165, 1.54) is 0 Å².